The molecular formula is C16H17F2NO. The van der Waals surface area contributed by atoms with Gasteiger partial charge in [-0.1, -0.05) is 19.1 Å². The molecule has 2 aromatic rings. The van der Waals surface area contributed by atoms with Crippen LogP contribution >= 0.6 is 0 Å². The van der Waals surface area contributed by atoms with Crippen LogP contribution < -0.4 is 10.5 Å². The fourth-order valence-electron chi connectivity index (χ4n) is 1.87. The largest absolute Gasteiger partial charge is 0.454 e. The van der Waals surface area contributed by atoms with E-state index in [1.165, 1.54) is 0 Å². The van der Waals surface area contributed by atoms with E-state index in [0.717, 1.165) is 36.6 Å². The van der Waals surface area contributed by atoms with Crippen molar-refractivity contribution in [2.45, 2.75) is 25.8 Å². The van der Waals surface area contributed by atoms with Crippen molar-refractivity contribution in [1.29, 1.82) is 0 Å². The van der Waals surface area contributed by atoms with Crippen LogP contribution in [-0.4, -0.2) is 6.04 Å². The number of nitrogens with two attached hydrogens (primary N) is 1. The molecule has 4 heteroatoms. The molecule has 0 radical (unpaired) electrons. The minimum atomic E-state index is -0.595. The van der Waals surface area contributed by atoms with Gasteiger partial charge in [-0.15, -0.1) is 0 Å². The zero-order valence-corrected chi connectivity index (χ0v) is 11.3. The van der Waals surface area contributed by atoms with Gasteiger partial charge in [0.1, 0.15) is 11.6 Å². The van der Waals surface area contributed by atoms with Gasteiger partial charge in [-0.25, -0.2) is 8.78 Å². The number of halogens is 2. The molecule has 0 spiro atoms. The van der Waals surface area contributed by atoms with Crippen molar-refractivity contribution >= 4 is 0 Å². The van der Waals surface area contributed by atoms with E-state index >= 15 is 0 Å². The van der Waals surface area contributed by atoms with Gasteiger partial charge < -0.3 is 10.5 Å². The molecule has 2 rings (SSSR count). The molecule has 0 fully saturated rings. The molecule has 1 unspecified atom stereocenters. The van der Waals surface area contributed by atoms with Gasteiger partial charge in [0, 0.05) is 12.1 Å². The van der Waals surface area contributed by atoms with Crippen LogP contribution in [-0.2, 0) is 6.42 Å². The summed E-state index contributed by atoms with van der Waals surface area (Å²) in [7, 11) is 0. The van der Waals surface area contributed by atoms with Crippen LogP contribution in [0.25, 0.3) is 0 Å². The Morgan fingerprint density at radius 3 is 2.70 bits per heavy atom. The van der Waals surface area contributed by atoms with E-state index in [2.05, 4.69) is 0 Å². The van der Waals surface area contributed by atoms with Crippen LogP contribution in [0.4, 0.5) is 8.78 Å². The average Bonchev–Trinajstić information content (AvgIpc) is 2.43. The van der Waals surface area contributed by atoms with Crippen LogP contribution in [0.15, 0.2) is 42.5 Å². The van der Waals surface area contributed by atoms with Crippen molar-refractivity contribution in [3.05, 3.63) is 59.7 Å². The predicted octanol–water partition coefficient (Wildman–Crippen LogP) is 4.04. The van der Waals surface area contributed by atoms with Crippen LogP contribution in [0.2, 0.25) is 0 Å². The van der Waals surface area contributed by atoms with E-state index in [4.69, 9.17) is 10.5 Å². The maximum atomic E-state index is 13.5. The van der Waals surface area contributed by atoms with Gasteiger partial charge >= 0.3 is 0 Å². The Labute approximate surface area is 117 Å². The van der Waals surface area contributed by atoms with E-state index in [1.54, 1.807) is 12.1 Å². The van der Waals surface area contributed by atoms with E-state index in [-0.39, 0.29) is 11.8 Å². The second-order valence-corrected chi connectivity index (χ2v) is 4.70. The minimum Gasteiger partial charge on any atom is -0.454 e. The molecule has 0 aliphatic rings. The number of ether oxygens (including phenoxy) is 1. The Hall–Kier alpha value is -1.94. The summed E-state index contributed by atoms with van der Waals surface area (Å²) in [6.45, 7) is 2.02. The first-order valence-corrected chi connectivity index (χ1v) is 6.56. The van der Waals surface area contributed by atoms with Gasteiger partial charge in [-0.3, -0.25) is 0 Å². The molecule has 0 saturated heterocycles. The first kappa shape index (κ1) is 14.5. The molecule has 0 heterocycles. The molecule has 0 aromatic heterocycles. The lowest BCUT2D eigenvalue weighted by molar-refractivity contribution is 0.436. The van der Waals surface area contributed by atoms with Gasteiger partial charge in [0.25, 0.3) is 0 Å². The van der Waals surface area contributed by atoms with Crippen LogP contribution in [0.1, 0.15) is 18.9 Å². The summed E-state index contributed by atoms with van der Waals surface area (Å²) in [6.07, 6.45) is 1.60. The second-order valence-electron chi connectivity index (χ2n) is 4.70. The highest BCUT2D eigenvalue weighted by Crippen LogP contribution is 2.26. The zero-order valence-electron chi connectivity index (χ0n) is 11.3. The Balaban J connectivity index is 2.17. The maximum Gasteiger partial charge on any atom is 0.165 e. The molecule has 1 atom stereocenters. The summed E-state index contributed by atoms with van der Waals surface area (Å²) < 4.78 is 32.0. The first-order chi connectivity index (χ1) is 9.58. The van der Waals surface area contributed by atoms with Crippen molar-refractivity contribution in [3.63, 3.8) is 0 Å². The molecule has 106 valence electrons. The highest BCUT2D eigenvalue weighted by atomic mass is 19.1. The molecule has 20 heavy (non-hydrogen) atoms. The molecule has 0 amide bonds. The van der Waals surface area contributed by atoms with Crippen molar-refractivity contribution < 1.29 is 13.5 Å². The number of hydrogen-bond acceptors (Lipinski definition) is 2. The number of benzene rings is 2. The quantitative estimate of drug-likeness (QED) is 0.895. The molecular weight excluding hydrogens is 260 g/mol. The molecule has 0 aliphatic carbocycles. The van der Waals surface area contributed by atoms with E-state index in [1.807, 2.05) is 19.1 Å². The van der Waals surface area contributed by atoms with E-state index < -0.39 is 11.6 Å². The van der Waals surface area contributed by atoms with E-state index in [0.29, 0.717) is 5.75 Å². The molecule has 0 bridgehead atoms. The Morgan fingerprint density at radius 2 is 1.95 bits per heavy atom. The Bertz CT molecular complexity index is 586. The van der Waals surface area contributed by atoms with Crippen LogP contribution in [0.3, 0.4) is 0 Å². The zero-order chi connectivity index (χ0) is 14.5. The Kier molecular flexibility index (Phi) is 4.69. The summed E-state index contributed by atoms with van der Waals surface area (Å²) in [5.41, 5.74) is 6.91. The SMILES string of the molecule is CCC(N)Cc1cccc(Oc2cc(F)ccc2F)c1. The molecule has 0 aliphatic heterocycles. The molecule has 2 nitrogen and oxygen atoms in total. The topological polar surface area (TPSA) is 35.2 Å². The highest BCUT2D eigenvalue weighted by molar-refractivity contribution is 5.35. The highest BCUT2D eigenvalue weighted by Gasteiger charge is 2.08. The van der Waals surface area contributed by atoms with Gasteiger partial charge in [0.05, 0.1) is 0 Å². The molecule has 2 N–H and O–H groups in total. The number of rotatable bonds is 5. The Morgan fingerprint density at radius 1 is 1.15 bits per heavy atom. The lowest BCUT2D eigenvalue weighted by atomic mass is 10.0. The predicted molar refractivity (Wildman–Crippen MR) is 74.8 cm³/mol. The van der Waals surface area contributed by atoms with Crippen molar-refractivity contribution in [3.8, 4) is 11.5 Å². The normalized spacial score (nSPS) is 12.2. The van der Waals surface area contributed by atoms with Gasteiger partial charge in [0.2, 0.25) is 0 Å². The third-order valence-electron chi connectivity index (χ3n) is 3.04. The summed E-state index contributed by atoms with van der Waals surface area (Å²) in [5, 5.41) is 0. The van der Waals surface area contributed by atoms with Crippen LogP contribution in [0.5, 0.6) is 11.5 Å². The summed E-state index contributed by atoms with van der Waals surface area (Å²) in [6, 6.07) is 10.4. The molecule has 0 saturated carbocycles. The summed E-state index contributed by atoms with van der Waals surface area (Å²) in [4.78, 5) is 0. The first-order valence-electron chi connectivity index (χ1n) is 6.56. The van der Waals surface area contributed by atoms with Gasteiger partial charge in [-0.05, 0) is 42.7 Å². The van der Waals surface area contributed by atoms with Gasteiger partial charge in [0.15, 0.2) is 11.6 Å². The van der Waals surface area contributed by atoms with Gasteiger partial charge in [-0.2, -0.15) is 0 Å². The minimum absolute atomic E-state index is 0.0798. The lowest BCUT2D eigenvalue weighted by Gasteiger charge is -2.11. The van der Waals surface area contributed by atoms with Crippen molar-refractivity contribution in [2.75, 3.05) is 0 Å². The second kappa shape index (κ2) is 6.48. The average molecular weight is 277 g/mol. The fraction of sp³-hybridized carbons (Fsp3) is 0.250. The van der Waals surface area contributed by atoms with Crippen molar-refractivity contribution in [2.24, 2.45) is 5.73 Å². The van der Waals surface area contributed by atoms with Crippen molar-refractivity contribution in [1.82, 2.24) is 0 Å². The van der Waals surface area contributed by atoms with Crippen LogP contribution in [0, 0.1) is 11.6 Å². The summed E-state index contributed by atoms with van der Waals surface area (Å²) >= 11 is 0. The monoisotopic (exact) mass is 277 g/mol. The number of hydrogen-bond donors (Lipinski definition) is 1. The summed E-state index contributed by atoms with van der Waals surface area (Å²) in [5.74, 6) is -0.787. The third-order valence-corrected chi connectivity index (χ3v) is 3.04. The third kappa shape index (κ3) is 3.78. The smallest absolute Gasteiger partial charge is 0.165 e. The lowest BCUT2D eigenvalue weighted by Crippen LogP contribution is -2.21. The standard InChI is InChI=1S/C16H17F2NO/c1-2-13(19)8-11-4-3-5-14(9-11)20-16-10-12(17)6-7-15(16)18/h3-7,9-10,13H,2,8,19H2,1H3. The molecule has 2 aromatic carbocycles. The maximum absolute atomic E-state index is 13.5. The fourth-order valence-corrected chi connectivity index (χ4v) is 1.87. The van der Waals surface area contributed by atoms with E-state index in [9.17, 15) is 8.78 Å².